The Morgan fingerprint density at radius 3 is 2.18 bits per heavy atom. The third kappa shape index (κ3) is 11.2. The molecule has 1 amide bonds. The van der Waals surface area contributed by atoms with Gasteiger partial charge in [-0.05, 0) is 72.8 Å². The van der Waals surface area contributed by atoms with E-state index in [0.29, 0.717) is 12.8 Å². The molecular weight excluding hydrogens is 625 g/mol. The van der Waals surface area contributed by atoms with Crippen molar-refractivity contribution in [1.29, 1.82) is 0 Å². The maximum atomic E-state index is 13.8. The van der Waals surface area contributed by atoms with Crippen molar-refractivity contribution in [2.24, 2.45) is 5.92 Å². The average Bonchev–Trinajstić information content (AvgIpc) is 3.06. The Kier molecular flexibility index (Phi) is 14.4. The van der Waals surface area contributed by atoms with Crippen molar-refractivity contribution < 1.29 is 58.5 Å². The minimum absolute atomic E-state index is 0. The van der Waals surface area contributed by atoms with E-state index in [1.54, 1.807) is 0 Å². The molecule has 0 bridgehead atoms. The van der Waals surface area contributed by atoms with Gasteiger partial charge in [-0.3, -0.25) is 9.59 Å². The van der Waals surface area contributed by atoms with Crippen LogP contribution in [-0.4, -0.2) is 23.9 Å². The second-order valence-electron chi connectivity index (χ2n) is 14.6. The van der Waals surface area contributed by atoms with E-state index in [1.165, 1.54) is 32.1 Å². The van der Waals surface area contributed by atoms with Gasteiger partial charge in [0.1, 0.15) is 17.6 Å². The number of nitrogens with one attached hydrogen (secondary N) is 1. The van der Waals surface area contributed by atoms with Crippen LogP contribution in [0.2, 0.25) is 0 Å². The van der Waals surface area contributed by atoms with Gasteiger partial charge in [-0.2, -0.15) is 0 Å². The van der Waals surface area contributed by atoms with E-state index in [2.05, 4.69) is 44.3 Å². The zero-order valence-electron chi connectivity index (χ0n) is 29.7. The second kappa shape index (κ2) is 18.2. The number of esters is 1. The van der Waals surface area contributed by atoms with Crippen molar-refractivity contribution >= 4 is 23.5 Å². The molecule has 49 heavy (non-hydrogen) atoms. The molecule has 0 radical (unpaired) electrons. The molecule has 0 aromatic heterocycles. The minimum atomic E-state index is -1.25. The number of carboxylic acid groups (broad SMARTS) is 1. The number of para-hydroxylation sites is 2. The van der Waals surface area contributed by atoms with Gasteiger partial charge >= 0.3 is 35.5 Å². The Bertz CT molecular complexity index is 1530. The molecule has 1 fully saturated rings. The third-order valence-corrected chi connectivity index (χ3v) is 9.81. The van der Waals surface area contributed by atoms with E-state index in [1.807, 2.05) is 48.5 Å². The van der Waals surface area contributed by atoms with Crippen molar-refractivity contribution in [1.82, 2.24) is 0 Å². The number of aliphatic carboxylic acids is 1. The zero-order chi connectivity index (χ0) is 34.1. The summed E-state index contributed by atoms with van der Waals surface area (Å²) in [5.41, 5.74) is 4.68. The van der Waals surface area contributed by atoms with Gasteiger partial charge in [0.2, 0.25) is 5.91 Å². The number of hydrogen-bond donors (Lipinski definition) is 1. The number of carbonyl (C=O) groups is 3. The van der Waals surface area contributed by atoms with Gasteiger partial charge in [0, 0.05) is 35.1 Å². The molecule has 1 atom stereocenters. The van der Waals surface area contributed by atoms with Crippen LogP contribution in [0.25, 0.3) is 0 Å². The molecule has 8 heteroatoms. The van der Waals surface area contributed by atoms with E-state index in [0.717, 1.165) is 64.6 Å². The first kappa shape index (κ1) is 38.7. The summed E-state index contributed by atoms with van der Waals surface area (Å²) in [4.78, 5) is 37.2. The average molecular weight is 676 g/mol. The predicted molar refractivity (Wildman–Crippen MR) is 186 cm³/mol. The number of carbonyl (C=O) groups excluding carboxylic acids is 3. The van der Waals surface area contributed by atoms with E-state index in [-0.39, 0.29) is 72.2 Å². The SMILES string of the molecule is CC(C)(C)c1ccc(CC[C@H](CCCC2CCCCC2)OC(=O)CCC(=O)[O-])cc1NC(=O)CC1c2ccccc2Oc2ccccc21.[Na+]. The summed E-state index contributed by atoms with van der Waals surface area (Å²) in [5, 5.41) is 14.2. The Labute approximate surface area is 313 Å². The molecule has 256 valence electrons. The fourth-order valence-corrected chi connectivity index (χ4v) is 7.27. The number of anilines is 1. The molecule has 1 heterocycles. The molecule has 3 aromatic rings. The molecule has 7 nitrogen and oxygen atoms in total. The largest absolute Gasteiger partial charge is 1.00 e. The Morgan fingerprint density at radius 1 is 0.898 bits per heavy atom. The van der Waals surface area contributed by atoms with Crippen LogP contribution >= 0.6 is 0 Å². The van der Waals surface area contributed by atoms with Crippen molar-refractivity contribution in [2.45, 2.75) is 122 Å². The molecule has 0 spiro atoms. The number of fused-ring (bicyclic) bond motifs is 2. The van der Waals surface area contributed by atoms with Gasteiger partial charge in [0.05, 0.1) is 6.42 Å². The van der Waals surface area contributed by atoms with Gasteiger partial charge in [-0.25, -0.2) is 0 Å². The van der Waals surface area contributed by atoms with Crippen molar-refractivity contribution in [3.8, 4) is 11.5 Å². The van der Waals surface area contributed by atoms with Crippen molar-refractivity contribution in [2.75, 3.05) is 5.32 Å². The van der Waals surface area contributed by atoms with Crippen LogP contribution in [0.1, 0.15) is 126 Å². The van der Waals surface area contributed by atoms with Crippen LogP contribution in [0.15, 0.2) is 66.7 Å². The Balaban J connectivity index is 0.00000541. The molecule has 1 aliphatic heterocycles. The first-order valence-electron chi connectivity index (χ1n) is 17.7. The summed E-state index contributed by atoms with van der Waals surface area (Å²) >= 11 is 0. The van der Waals surface area contributed by atoms with Gasteiger partial charge < -0.3 is 24.7 Å². The maximum Gasteiger partial charge on any atom is 1.00 e. The monoisotopic (exact) mass is 675 g/mol. The Morgan fingerprint density at radius 2 is 1.55 bits per heavy atom. The van der Waals surface area contributed by atoms with Crippen molar-refractivity contribution in [3.63, 3.8) is 0 Å². The normalized spacial score (nSPS) is 15.2. The number of ether oxygens (including phenoxy) is 2. The Hall–Kier alpha value is -3.13. The van der Waals surface area contributed by atoms with Crippen molar-refractivity contribution in [3.05, 3.63) is 89.0 Å². The third-order valence-electron chi connectivity index (χ3n) is 9.81. The fourth-order valence-electron chi connectivity index (χ4n) is 7.27. The van der Waals surface area contributed by atoms with E-state index < -0.39 is 11.9 Å². The van der Waals surface area contributed by atoms with E-state index in [9.17, 15) is 19.5 Å². The first-order valence-corrected chi connectivity index (χ1v) is 17.7. The maximum absolute atomic E-state index is 13.8. The smallest absolute Gasteiger partial charge is 0.550 e. The molecule has 1 N–H and O–H groups in total. The van der Waals surface area contributed by atoms with Gasteiger partial charge in [-0.15, -0.1) is 0 Å². The summed E-state index contributed by atoms with van der Waals surface area (Å²) in [6.07, 6.45) is 10.1. The van der Waals surface area contributed by atoms with Crippen LogP contribution < -0.4 is 44.7 Å². The van der Waals surface area contributed by atoms with Crippen LogP contribution in [-0.2, 0) is 31.0 Å². The summed E-state index contributed by atoms with van der Waals surface area (Å²) in [6, 6.07) is 22.0. The summed E-state index contributed by atoms with van der Waals surface area (Å²) in [7, 11) is 0. The second-order valence-corrected chi connectivity index (χ2v) is 14.6. The van der Waals surface area contributed by atoms with Crippen LogP contribution in [0, 0.1) is 5.92 Å². The number of rotatable bonds is 14. The first-order chi connectivity index (χ1) is 23.1. The molecule has 1 aliphatic carbocycles. The summed E-state index contributed by atoms with van der Waals surface area (Å²) < 4.78 is 12.0. The fraction of sp³-hybridized carbons (Fsp3) is 0.488. The standard InChI is InChI=1S/C41H51NO6.Na/c1-41(2,3)34-23-21-29(20-22-30(47-40(46)25-24-39(44)45)15-11-14-28-12-5-4-6-13-28)26-35(34)42-38(43)27-33-31-16-7-9-18-36(31)48-37-19-10-8-17-32(33)37;/h7-10,16-19,21,23,26,28,30,33H,4-6,11-15,20,22,24-25,27H2,1-3H3,(H,42,43)(H,44,45);/q;+1/p-1/t30-;/m0./s1. The topological polar surface area (TPSA) is 105 Å². The molecule has 0 unspecified atom stereocenters. The van der Waals surface area contributed by atoms with Gasteiger partial charge in [-0.1, -0.05) is 108 Å². The van der Waals surface area contributed by atoms with E-state index in [4.69, 9.17) is 9.47 Å². The van der Waals surface area contributed by atoms with E-state index >= 15 is 0 Å². The number of hydrogen-bond acceptors (Lipinski definition) is 6. The number of benzene rings is 3. The molecule has 5 rings (SSSR count). The summed E-state index contributed by atoms with van der Waals surface area (Å²) in [6.45, 7) is 6.41. The number of aryl methyl sites for hydroxylation is 1. The summed E-state index contributed by atoms with van der Waals surface area (Å²) in [5.74, 6) is 0.353. The number of carboxylic acids is 1. The zero-order valence-corrected chi connectivity index (χ0v) is 31.7. The van der Waals surface area contributed by atoms with Gasteiger partial charge in [0.25, 0.3) is 0 Å². The van der Waals surface area contributed by atoms with Gasteiger partial charge in [0.15, 0.2) is 0 Å². The predicted octanol–water partition coefficient (Wildman–Crippen LogP) is 5.38. The molecule has 0 saturated heterocycles. The molecule has 2 aliphatic rings. The van der Waals surface area contributed by atoms with Crippen LogP contribution in [0.4, 0.5) is 5.69 Å². The van der Waals surface area contributed by atoms with Crippen LogP contribution in [0.5, 0.6) is 11.5 Å². The number of amides is 1. The molecule has 3 aromatic carbocycles. The molecular formula is C41H50NNaO6. The minimum Gasteiger partial charge on any atom is -0.550 e. The van der Waals surface area contributed by atoms with Crippen LogP contribution in [0.3, 0.4) is 0 Å². The molecule has 1 saturated carbocycles. The quantitative estimate of drug-likeness (QED) is 0.182.